The molecule has 0 amide bonds. The van der Waals surface area contributed by atoms with Gasteiger partial charge in [-0.15, -0.1) is 0 Å². The van der Waals surface area contributed by atoms with Crippen molar-refractivity contribution >= 4 is 16.5 Å². The summed E-state index contributed by atoms with van der Waals surface area (Å²) in [4.78, 5) is 7.96. The number of piperidine rings is 1. The molecule has 2 aromatic carbocycles. The molecule has 1 heterocycles. The third kappa shape index (κ3) is 4.62. The van der Waals surface area contributed by atoms with E-state index in [1.165, 1.54) is 36.6 Å². The molecule has 0 spiro atoms. The Morgan fingerprint density at radius 2 is 1.80 bits per heavy atom. The SMILES string of the molecule is CO/N=C(/c1ccc2cc(OC)ccc2c1)C1CCCN(C2CCC(CO)CC2)C1. The number of hydrogen-bond acceptors (Lipinski definition) is 5. The fraction of sp³-hybridized carbons (Fsp3) is 0.560. The first-order chi connectivity index (χ1) is 14.7. The highest BCUT2D eigenvalue weighted by Gasteiger charge is 2.32. The lowest BCUT2D eigenvalue weighted by Gasteiger charge is -2.41. The summed E-state index contributed by atoms with van der Waals surface area (Å²) < 4.78 is 5.35. The molecule has 1 unspecified atom stereocenters. The number of aliphatic hydroxyl groups excluding tert-OH is 1. The number of hydrogen-bond donors (Lipinski definition) is 1. The Kier molecular flexibility index (Phi) is 6.90. The number of methoxy groups -OCH3 is 1. The van der Waals surface area contributed by atoms with Crippen LogP contribution in [0.1, 0.15) is 44.1 Å². The standard InChI is InChI=1S/C25H34N2O3/c1-29-24-12-9-19-14-21(8-7-20(19)15-24)25(26-30-2)22-4-3-13-27(16-22)23-10-5-18(17-28)6-11-23/h7-9,12,14-15,18,22-23,28H,3-6,10-11,13,16-17H2,1-2H3/b26-25-. The summed E-state index contributed by atoms with van der Waals surface area (Å²) in [5, 5.41) is 16.3. The molecule has 4 rings (SSSR count). The van der Waals surface area contributed by atoms with E-state index in [1.54, 1.807) is 14.2 Å². The number of likely N-dealkylation sites (tertiary alicyclic amines) is 1. The molecular formula is C25H34N2O3. The minimum absolute atomic E-state index is 0.341. The van der Waals surface area contributed by atoms with Crippen molar-refractivity contribution in [3.05, 3.63) is 42.0 Å². The number of rotatable bonds is 6. The third-order valence-electron chi connectivity index (χ3n) is 6.96. The zero-order chi connectivity index (χ0) is 20.9. The van der Waals surface area contributed by atoms with Crippen LogP contribution in [-0.4, -0.2) is 55.7 Å². The Balaban J connectivity index is 1.52. The van der Waals surface area contributed by atoms with Crippen LogP contribution in [0.5, 0.6) is 5.75 Å². The average Bonchev–Trinajstić information content (AvgIpc) is 2.82. The van der Waals surface area contributed by atoms with Crippen molar-refractivity contribution in [2.24, 2.45) is 17.0 Å². The van der Waals surface area contributed by atoms with Crippen molar-refractivity contribution < 1.29 is 14.7 Å². The van der Waals surface area contributed by atoms with Gasteiger partial charge in [0.15, 0.2) is 0 Å². The molecule has 5 nitrogen and oxygen atoms in total. The Labute approximate surface area is 179 Å². The molecule has 0 radical (unpaired) electrons. The number of fused-ring (bicyclic) bond motifs is 1. The molecule has 1 aliphatic heterocycles. The highest BCUT2D eigenvalue weighted by atomic mass is 16.6. The van der Waals surface area contributed by atoms with Crippen molar-refractivity contribution in [1.29, 1.82) is 0 Å². The lowest BCUT2D eigenvalue weighted by Crippen LogP contribution is -2.46. The summed E-state index contributed by atoms with van der Waals surface area (Å²) in [6.07, 6.45) is 7.04. The summed E-state index contributed by atoms with van der Waals surface area (Å²) in [5.74, 6) is 1.76. The minimum atomic E-state index is 0.341. The van der Waals surface area contributed by atoms with E-state index >= 15 is 0 Å². The van der Waals surface area contributed by atoms with Gasteiger partial charge in [0.2, 0.25) is 0 Å². The zero-order valence-electron chi connectivity index (χ0n) is 18.2. The first kappa shape index (κ1) is 21.1. The fourth-order valence-electron chi connectivity index (χ4n) is 5.23. The molecule has 1 atom stereocenters. The maximum atomic E-state index is 9.44. The fourth-order valence-corrected chi connectivity index (χ4v) is 5.23. The summed E-state index contributed by atoms with van der Waals surface area (Å²) in [6.45, 7) is 2.55. The molecule has 1 saturated carbocycles. The van der Waals surface area contributed by atoms with E-state index < -0.39 is 0 Å². The van der Waals surface area contributed by atoms with Crippen molar-refractivity contribution in [1.82, 2.24) is 4.90 Å². The van der Waals surface area contributed by atoms with E-state index in [2.05, 4.69) is 40.4 Å². The van der Waals surface area contributed by atoms with E-state index in [4.69, 9.17) is 9.57 Å². The first-order valence-electron chi connectivity index (χ1n) is 11.3. The largest absolute Gasteiger partial charge is 0.497 e. The van der Waals surface area contributed by atoms with Crippen molar-refractivity contribution in [3.63, 3.8) is 0 Å². The van der Waals surface area contributed by atoms with E-state index in [9.17, 15) is 5.11 Å². The second-order valence-electron chi connectivity index (χ2n) is 8.78. The Hall–Kier alpha value is -2.11. The molecule has 2 aliphatic rings. The minimum Gasteiger partial charge on any atom is -0.497 e. The van der Waals surface area contributed by atoms with Gasteiger partial charge in [-0.1, -0.05) is 23.4 Å². The van der Waals surface area contributed by atoms with Gasteiger partial charge in [-0.2, -0.15) is 0 Å². The summed E-state index contributed by atoms with van der Waals surface area (Å²) >= 11 is 0. The van der Waals surface area contributed by atoms with Gasteiger partial charge in [-0.05, 0) is 80.0 Å². The van der Waals surface area contributed by atoms with Gasteiger partial charge in [0.25, 0.3) is 0 Å². The van der Waals surface area contributed by atoms with Crippen LogP contribution >= 0.6 is 0 Å². The number of ether oxygens (including phenoxy) is 1. The highest BCUT2D eigenvalue weighted by Crippen LogP contribution is 2.32. The van der Waals surface area contributed by atoms with E-state index in [0.717, 1.165) is 42.8 Å². The van der Waals surface area contributed by atoms with Gasteiger partial charge in [0.05, 0.1) is 12.8 Å². The Morgan fingerprint density at radius 3 is 2.53 bits per heavy atom. The predicted molar refractivity (Wildman–Crippen MR) is 121 cm³/mol. The monoisotopic (exact) mass is 410 g/mol. The van der Waals surface area contributed by atoms with Gasteiger partial charge in [-0.3, -0.25) is 4.90 Å². The molecular weight excluding hydrogens is 376 g/mol. The Morgan fingerprint density at radius 1 is 1.03 bits per heavy atom. The summed E-state index contributed by atoms with van der Waals surface area (Å²) in [6, 6.07) is 13.3. The van der Waals surface area contributed by atoms with Crippen LogP contribution in [0.2, 0.25) is 0 Å². The maximum Gasteiger partial charge on any atom is 0.119 e. The van der Waals surface area contributed by atoms with Gasteiger partial charge in [-0.25, -0.2) is 0 Å². The zero-order valence-corrected chi connectivity index (χ0v) is 18.2. The maximum absolute atomic E-state index is 9.44. The Bertz CT molecular complexity index is 874. The first-order valence-corrected chi connectivity index (χ1v) is 11.3. The summed E-state index contributed by atoms with van der Waals surface area (Å²) in [5.41, 5.74) is 2.20. The van der Waals surface area contributed by atoms with E-state index in [-0.39, 0.29) is 0 Å². The van der Waals surface area contributed by atoms with Gasteiger partial charge in [0, 0.05) is 30.7 Å². The van der Waals surface area contributed by atoms with Crippen LogP contribution in [0.3, 0.4) is 0 Å². The predicted octanol–water partition coefficient (Wildman–Crippen LogP) is 4.46. The molecule has 0 bridgehead atoms. The molecule has 162 valence electrons. The molecule has 30 heavy (non-hydrogen) atoms. The topological polar surface area (TPSA) is 54.3 Å². The number of aliphatic hydroxyl groups is 1. The molecule has 0 aromatic heterocycles. The number of oxime groups is 1. The number of benzene rings is 2. The smallest absolute Gasteiger partial charge is 0.119 e. The van der Waals surface area contributed by atoms with Crippen molar-refractivity contribution in [3.8, 4) is 5.75 Å². The number of nitrogens with zero attached hydrogens (tertiary/aromatic N) is 2. The molecule has 5 heteroatoms. The molecule has 1 N–H and O–H groups in total. The van der Waals surface area contributed by atoms with Crippen LogP contribution in [-0.2, 0) is 4.84 Å². The molecule has 1 aliphatic carbocycles. The molecule has 2 aromatic rings. The molecule has 1 saturated heterocycles. The quantitative estimate of drug-likeness (QED) is 0.564. The van der Waals surface area contributed by atoms with Crippen LogP contribution in [0.25, 0.3) is 10.8 Å². The third-order valence-corrected chi connectivity index (χ3v) is 6.96. The van der Waals surface area contributed by atoms with Crippen LogP contribution < -0.4 is 4.74 Å². The average molecular weight is 411 g/mol. The van der Waals surface area contributed by atoms with Crippen molar-refractivity contribution in [2.45, 2.75) is 44.6 Å². The van der Waals surface area contributed by atoms with Crippen LogP contribution in [0.15, 0.2) is 41.6 Å². The molecule has 2 fully saturated rings. The van der Waals surface area contributed by atoms with Crippen LogP contribution in [0.4, 0.5) is 0 Å². The lowest BCUT2D eigenvalue weighted by atomic mass is 9.83. The van der Waals surface area contributed by atoms with Crippen LogP contribution in [0, 0.1) is 11.8 Å². The van der Waals surface area contributed by atoms with Crippen molar-refractivity contribution in [2.75, 3.05) is 33.9 Å². The lowest BCUT2D eigenvalue weighted by molar-refractivity contribution is 0.0858. The second-order valence-corrected chi connectivity index (χ2v) is 8.78. The van der Waals surface area contributed by atoms with Gasteiger partial charge < -0.3 is 14.7 Å². The van der Waals surface area contributed by atoms with E-state index in [1.807, 2.05) is 6.07 Å². The van der Waals surface area contributed by atoms with E-state index in [0.29, 0.717) is 24.5 Å². The highest BCUT2D eigenvalue weighted by molar-refractivity contribution is 6.04. The summed E-state index contributed by atoms with van der Waals surface area (Å²) in [7, 11) is 3.34. The second kappa shape index (κ2) is 9.80. The van der Waals surface area contributed by atoms with Gasteiger partial charge in [0.1, 0.15) is 12.9 Å². The van der Waals surface area contributed by atoms with Gasteiger partial charge >= 0.3 is 0 Å². The normalized spacial score (nSPS) is 26.0.